The fourth-order valence-corrected chi connectivity index (χ4v) is 2.74. The molecule has 3 unspecified atom stereocenters. The van der Waals surface area contributed by atoms with Gasteiger partial charge in [0, 0.05) is 6.42 Å². The SMILES string of the molecule is CCC/C=C/CCC[N+](CCO)(C(C)C(=O)[O-])C(C)C(=O)O.[K+]. The Morgan fingerprint density at radius 1 is 1.13 bits per heavy atom. The van der Waals surface area contributed by atoms with Crippen molar-refractivity contribution in [2.24, 2.45) is 0 Å². The number of carboxylic acids is 2. The molecule has 0 aromatic rings. The van der Waals surface area contributed by atoms with Gasteiger partial charge in [-0.2, -0.15) is 0 Å². The summed E-state index contributed by atoms with van der Waals surface area (Å²) in [5.41, 5.74) is 0. The van der Waals surface area contributed by atoms with E-state index in [9.17, 15) is 24.9 Å². The molecule has 0 aliphatic carbocycles. The number of aliphatic hydroxyl groups is 1. The van der Waals surface area contributed by atoms with E-state index in [-0.39, 0.29) is 69.0 Å². The van der Waals surface area contributed by atoms with Crippen LogP contribution in [0, 0.1) is 0 Å². The molecular formula is C16H29KNO5+. The summed E-state index contributed by atoms with van der Waals surface area (Å²) in [5.74, 6) is -2.36. The van der Waals surface area contributed by atoms with Gasteiger partial charge in [-0.05, 0) is 26.7 Å². The average Bonchev–Trinajstić information content (AvgIpc) is 2.47. The Morgan fingerprint density at radius 2 is 1.70 bits per heavy atom. The van der Waals surface area contributed by atoms with Crippen LogP contribution < -0.4 is 56.5 Å². The van der Waals surface area contributed by atoms with Gasteiger partial charge in [-0.15, -0.1) is 0 Å². The van der Waals surface area contributed by atoms with Crippen LogP contribution in [-0.2, 0) is 9.59 Å². The van der Waals surface area contributed by atoms with E-state index in [4.69, 9.17) is 0 Å². The van der Waals surface area contributed by atoms with Crippen LogP contribution in [0.3, 0.4) is 0 Å². The molecule has 0 aliphatic rings. The first-order chi connectivity index (χ1) is 10.3. The Bertz CT molecular complexity index is 367. The first-order valence-electron chi connectivity index (χ1n) is 7.89. The fraction of sp³-hybridized carbons (Fsp3) is 0.750. The van der Waals surface area contributed by atoms with Crippen LogP contribution in [0.25, 0.3) is 0 Å². The average molecular weight is 355 g/mol. The van der Waals surface area contributed by atoms with E-state index in [1.54, 1.807) is 0 Å². The topological polar surface area (TPSA) is 97.7 Å². The van der Waals surface area contributed by atoms with Gasteiger partial charge in [-0.1, -0.05) is 25.5 Å². The first-order valence-corrected chi connectivity index (χ1v) is 7.89. The zero-order valence-corrected chi connectivity index (χ0v) is 17.9. The molecule has 0 aliphatic heterocycles. The molecular weight excluding hydrogens is 325 g/mol. The number of unbranched alkanes of at least 4 members (excludes halogenated alkanes) is 2. The number of quaternary nitrogens is 1. The Labute approximate surface area is 181 Å². The zero-order valence-electron chi connectivity index (χ0n) is 14.8. The molecule has 0 heterocycles. The number of carbonyl (C=O) groups excluding carboxylic acids is 1. The summed E-state index contributed by atoms with van der Waals surface area (Å²) in [4.78, 5) is 22.7. The molecule has 0 aromatic heterocycles. The van der Waals surface area contributed by atoms with Crippen LogP contribution in [0.4, 0.5) is 0 Å². The third-order valence-electron chi connectivity index (χ3n) is 4.32. The molecule has 0 saturated carbocycles. The van der Waals surface area contributed by atoms with Crippen LogP contribution in [0.2, 0.25) is 0 Å². The second-order valence-electron chi connectivity index (χ2n) is 5.69. The van der Waals surface area contributed by atoms with Crippen LogP contribution in [-0.4, -0.2) is 58.4 Å². The van der Waals surface area contributed by atoms with Crippen LogP contribution in [0.15, 0.2) is 12.2 Å². The van der Waals surface area contributed by atoms with Gasteiger partial charge >= 0.3 is 57.4 Å². The minimum absolute atomic E-state index is 0. The van der Waals surface area contributed by atoms with Gasteiger partial charge in [0.15, 0.2) is 6.04 Å². The van der Waals surface area contributed by atoms with Gasteiger partial charge in [0.2, 0.25) is 0 Å². The van der Waals surface area contributed by atoms with E-state index in [2.05, 4.69) is 13.0 Å². The number of carboxylic acid groups (broad SMARTS) is 2. The van der Waals surface area contributed by atoms with Crippen molar-refractivity contribution in [1.29, 1.82) is 0 Å². The minimum atomic E-state index is -1.29. The van der Waals surface area contributed by atoms with Crippen molar-refractivity contribution in [3.05, 3.63) is 12.2 Å². The van der Waals surface area contributed by atoms with E-state index in [1.165, 1.54) is 13.8 Å². The molecule has 0 aromatic carbocycles. The molecule has 0 rings (SSSR count). The molecule has 0 spiro atoms. The van der Waals surface area contributed by atoms with Gasteiger partial charge in [0.1, 0.15) is 12.6 Å². The normalized spacial score (nSPS) is 16.3. The number of aliphatic carboxylic acids is 2. The Hall–Kier alpha value is 0.236. The summed E-state index contributed by atoms with van der Waals surface area (Å²) in [6, 6.07) is -1.91. The van der Waals surface area contributed by atoms with Crippen molar-refractivity contribution < 1.29 is 80.8 Å². The number of hydrogen-bond donors (Lipinski definition) is 2. The van der Waals surface area contributed by atoms with Gasteiger partial charge in [0.25, 0.3) is 0 Å². The van der Waals surface area contributed by atoms with Crippen LogP contribution in [0.5, 0.6) is 0 Å². The number of allylic oxidation sites excluding steroid dienone is 2. The molecule has 7 heteroatoms. The van der Waals surface area contributed by atoms with Crippen molar-refractivity contribution in [3.63, 3.8) is 0 Å². The molecule has 2 N–H and O–H groups in total. The van der Waals surface area contributed by atoms with Gasteiger partial charge in [-0.3, -0.25) is 0 Å². The maximum atomic E-state index is 11.4. The van der Waals surface area contributed by atoms with Crippen molar-refractivity contribution in [3.8, 4) is 0 Å². The second kappa shape index (κ2) is 13.5. The molecule has 128 valence electrons. The van der Waals surface area contributed by atoms with Crippen molar-refractivity contribution in [2.75, 3.05) is 19.7 Å². The second-order valence-corrected chi connectivity index (χ2v) is 5.69. The third-order valence-corrected chi connectivity index (χ3v) is 4.32. The molecule has 6 nitrogen and oxygen atoms in total. The van der Waals surface area contributed by atoms with Crippen molar-refractivity contribution in [2.45, 2.75) is 58.5 Å². The molecule has 0 saturated heterocycles. The molecule has 0 amide bonds. The molecule has 0 fully saturated rings. The van der Waals surface area contributed by atoms with Gasteiger partial charge in [-0.25, -0.2) is 4.79 Å². The summed E-state index contributed by atoms with van der Waals surface area (Å²) in [6.45, 7) is 5.23. The van der Waals surface area contributed by atoms with E-state index < -0.39 is 24.0 Å². The minimum Gasteiger partial charge on any atom is -0.544 e. The third kappa shape index (κ3) is 8.24. The number of rotatable bonds is 12. The van der Waals surface area contributed by atoms with Gasteiger partial charge < -0.3 is 24.6 Å². The summed E-state index contributed by atoms with van der Waals surface area (Å²) in [6.07, 6.45) is 7.60. The van der Waals surface area contributed by atoms with Gasteiger partial charge in [0.05, 0.1) is 19.1 Å². The number of nitrogens with zero attached hydrogens (tertiary/aromatic N) is 1. The van der Waals surface area contributed by atoms with Crippen LogP contribution >= 0.6 is 0 Å². The Balaban J connectivity index is 0. The summed E-state index contributed by atoms with van der Waals surface area (Å²) >= 11 is 0. The molecule has 23 heavy (non-hydrogen) atoms. The fourth-order valence-electron chi connectivity index (χ4n) is 2.74. The van der Waals surface area contributed by atoms with Crippen molar-refractivity contribution >= 4 is 11.9 Å². The maximum Gasteiger partial charge on any atom is 1.00 e. The molecule has 0 radical (unpaired) electrons. The van der Waals surface area contributed by atoms with E-state index >= 15 is 0 Å². The summed E-state index contributed by atoms with van der Waals surface area (Å²) in [5, 5.41) is 29.9. The quantitative estimate of drug-likeness (QED) is 0.175. The number of hydrogen-bond acceptors (Lipinski definition) is 4. The molecule has 3 atom stereocenters. The standard InChI is InChI=1S/C16H29NO5.K/c1-4-5-6-7-8-9-10-17(11-12-18,13(2)15(19)20)14(3)16(21)22;/h6-7,13-14,18H,4-5,8-12H2,1-3H3,(H-,19,20,21,22);/q;+1/b7-6+;. The predicted octanol–water partition coefficient (Wildman–Crippen LogP) is -2.45. The molecule has 0 bridgehead atoms. The predicted molar refractivity (Wildman–Crippen MR) is 81.9 cm³/mol. The van der Waals surface area contributed by atoms with Crippen LogP contribution in [0.1, 0.15) is 46.5 Å². The van der Waals surface area contributed by atoms with E-state index in [0.29, 0.717) is 13.0 Å². The van der Waals surface area contributed by atoms with Crippen molar-refractivity contribution in [1.82, 2.24) is 0 Å². The Kier molecular flexibility index (Phi) is 15.0. The number of carbonyl (C=O) groups is 2. The maximum absolute atomic E-state index is 11.4. The first kappa shape index (κ1) is 25.5. The summed E-state index contributed by atoms with van der Waals surface area (Å²) in [7, 11) is 0. The Morgan fingerprint density at radius 3 is 2.13 bits per heavy atom. The van der Waals surface area contributed by atoms with E-state index in [1.807, 2.05) is 6.08 Å². The zero-order chi connectivity index (χ0) is 17.2. The smallest absolute Gasteiger partial charge is 0.544 e. The largest absolute Gasteiger partial charge is 1.00 e. The summed E-state index contributed by atoms with van der Waals surface area (Å²) < 4.78 is -0.199. The monoisotopic (exact) mass is 354 g/mol. The number of aliphatic hydroxyl groups excluding tert-OH is 1. The van der Waals surface area contributed by atoms with E-state index in [0.717, 1.165) is 19.3 Å².